The number of carbonyl (C=O) groups excluding carboxylic acids is 1. The monoisotopic (exact) mass is 346 g/mol. The lowest BCUT2D eigenvalue weighted by atomic mass is 10.1. The van der Waals surface area contributed by atoms with E-state index in [9.17, 15) is 4.79 Å². The fraction of sp³-hybridized carbons (Fsp3) is 0.250. The van der Waals surface area contributed by atoms with Crippen LogP contribution in [0.1, 0.15) is 20.7 Å². The van der Waals surface area contributed by atoms with Gasteiger partial charge in [-0.1, -0.05) is 12.1 Å². The van der Waals surface area contributed by atoms with Crippen LogP contribution in [-0.4, -0.2) is 16.6 Å². The SMILES string of the molecule is O=C(NCc1nc2ccccc2s1)[C@H]1SCCc2sccc21. The minimum absolute atomic E-state index is 0.0654. The zero-order valence-electron chi connectivity index (χ0n) is 11.7. The third-order valence-corrected chi connectivity index (χ3v) is 6.94. The highest BCUT2D eigenvalue weighted by atomic mass is 32.2. The van der Waals surface area contributed by atoms with E-state index in [-0.39, 0.29) is 11.2 Å². The first-order chi connectivity index (χ1) is 10.8. The van der Waals surface area contributed by atoms with Gasteiger partial charge in [0.15, 0.2) is 0 Å². The number of para-hydroxylation sites is 1. The molecule has 3 heterocycles. The van der Waals surface area contributed by atoms with Crippen molar-refractivity contribution in [1.29, 1.82) is 0 Å². The van der Waals surface area contributed by atoms with E-state index in [4.69, 9.17) is 0 Å². The van der Waals surface area contributed by atoms with Gasteiger partial charge in [0.25, 0.3) is 0 Å². The molecule has 0 saturated heterocycles. The zero-order chi connectivity index (χ0) is 14.9. The average Bonchev–Trinajstić information content (AvgIpc) is 3.18. The van der Waals surface area contributed by atoms with Crippen LogP contribution in [0, 0.1) is 0 Å². The third kappa shape index (κ3) is 2.66. The van der Waals surface area contributed by atoms with Gasteiger partial charge in [0.2, 0.25) is 5.91 Å². The highest BCUT2D eigenvalue weighted by molar-refractivity contribution is 8.00. The van der Waals surface area contributed by atoms with Crippen molar-refractivity contribution in [2.24, 2.45) is 0 Å². The third-order valence-electron chi connectivity index (χ3n) is 3.67. The molecule has 22 heavy (non-hydrogen) atoms. The Balaban J connectivity index is 1.47. The fourth-order valence-electron chi connectivity index (χ4n) is 2.61. The van der Waals surface area contributed by atoms with Gasteiger partial charge in [-0.15, -0.1) is 34.4 Å². The predicted octanol–water partition coefficient (Wildman–Crippen LogP) is 4.00. The second-order valence-electron chi connectivity index (χ2n) is 5.09. The second kappa shape index (κ2) is 6.02. The van der Waals surface area contributed by atoms with Gasteiger partial charge in [-0.05, 0) is 41.3 Å². The summed E-state index contributed by atoms with van der Waals surface area (Å²) in [5, 5.41) is 6.03. The van der Waals surface area contributed by atoms with Crippen LogP contribution in [0.3, 0.4) is 0 Å². The maximum atomic E-state index is 12.5. The summed E-state index contributed by atoms with van der Waals surface area (Å²) in [5.41, 5.74) is 2.20. The summed E-state index contributed by atoms with van der Waals surface area (Å²) >= 11 is 5.14. The maximum absolute atomic E-state index is 12.5. The predicted molar refractivity (Wildman–Crippen MR) is 94.7 cm³/mol. The van der Waals surface area contributed by atoms with Crippen LogP contribution in [-0.2, 0) is 17.8 Å². The minimum Gasteiger partial charge on any atom is -0.348 e. The van der Waals surface area contributed by atoms with Crippen molar-refractivity contribution in [2.45, 2.75) is 18.2 Å². The van der Waals surface area contributed by atoms with E-state index in [1.165, 1.54) is 15.1 Å². The normalized spacial score (nSPS) is 17.4. The first-order valence-corrected chi connectivity index (χ1v) is 9.86. The molecule has 4 rings (SSSR count). The van der Waals surface area contributed by atoms with E-state index in [1.54, 1.807) is 34.4 Å². The second-order valence-corrected chi connectivity index (χ2v) is 8.42. The molecule has 0 unspecified atom stereocenters. The van der Waals surface area contributed by atoms with E-state index >= 15 is 0 Å². The number of hydrogen-bond acceptors (Lipinski definition) is 5. The molecule has 0 radical (unpaired) electrons. The summed E-state index contributed by atoms with van der Waals surface area (Å²) in [4.78, 5) is 18.4. The van der Waals surface area contributed by atoms with E-state index in [2.05, 4.69) is 27.8 Å². The number of hydrogen-bond donors (Lipinski definition) is 1. The molecule has 1 aliphatic heterocycles. The number of thioether (sulfide) groups is 1. The highest BCUT2D eigenvalue weighted by Crippen LogP contribution is 2.39. The van der Waals surface area contributed by atoms with Gasteiger partial charge >= 0.3 is 0 Å². The van der Waals surface area contributed by atoms with Crippen molar-refractivity contribution in [1.82, 2.24) is 10.3 Å². The number of thiazole rings is 1. The van der Waals surface area contributed by atoms with Gasteiger partial charge in [0, 0.05) is 4.88 Å². The van der Waals surface area contributed by atoms with Crippen LogP contribution in [0.25, 0.3) is 10.2 Å². The molecule has 2 aromatic heterocycles. The largest absolute Gasteiger partial charge is 0.348 e. The topological polar surface area (TPSA) is 42.0 Å². The minimum atomic E-state index is -0.0654. The number of fused-ring (bicyclic) bond motifs is 2. The molecule has 0 aliphatic carbocycles. The molecule has 112 valence electrons. The van der Waals surface area contributed by atoms with E-state index in [0.29, 0.717) is 6.54 Å². The molecule has 6 heteroatoms. The Morgan fingerprint density at radius 3 is 3.14 bits per heavy atom. The van der Waals surface area contributed by atoms with Gasteiger partial charge in [0.1, 0.15) is 10.3 Å². The van der Waals surface area contributed by atoms with Crippen molar-refractivity contribution in [3.8, 4) is 0 Å². The maximum Gasteiger partial charge on any atom is 0.238 e. The van der Waals surface area contributed by atoms with Crippen molar-refractivity contribution < 1.29 is 4.79 Å². The van der Waals surface area contributed by atoms with Crippen molar-refractivity contribution in [3.63, 3.8) is 0 Å². The van der Waals surface area contributed by atoms with Crippen LogP contribution in [0.2, 0.25) is 0 Å². The Labute approximate surface area is 140 Å². The number of aromatic nitrogens is 1. The van der Waals surface area contributed by atoms with Gasteiger partial charge < -0.3 is 5.32 Å². The van der Waals surface area contributed by atoms with E-state index < -0.39 is 0 Å². The quantitative estimate of drug-likeness (QED) is 0.779. The van der Waals surface area contributed by atoms with E-state index in [0.717, 1.165) is 22.7 Å². The van der Waals surface area contributed by atoms with Gasteiger partial charge in [-0.2, -0.15) is 0 Å². The molecule has 1 N–H and O–H groups in total. The molecule has 0 fully saturated rings. The van der Waals surface area contributed by atoms with Crippen molar-refractivity contribution in [3.05, 3.63) is 51.2 Å². The molecule has 0 spiro atoms. The average molecular weight is 347 g/mol. The molecule has 1 atom stereocenters. The number of amides is 1. The van der Waals surface area contributed by atoms with Crippen molar-refractivity contribution in [2.75, 3.05) is 5.75 Å². The van der Waals surface area contributed by atoms with E-state index in [1.807, 2.05) is 18.2 Å². The fourth-order valence-corrected chi connectivity index (χ4v) is 5.84. The first kappa shape index (κ1) is 14.2. The summed E-state index contributed by atoms with van der Waals surface area (Å²) in [6, 6.07) is 10.2. The van der Waals surface area contributed by atoms with Gasteiger partial charge in [-0.3, -0.25) is 4.79 Å². The number of thiophene rings is 1. The molecule has 1 aliphatic rings. The molecular formula is C16H14N2OS3. The molecule has 3 aromatic rings. The van der Waals surface area contributed by atoms with Gasteiger partial charge in [-0.25, -0.2) is 4.98 Å². The smallest absolute Gasteiger partial charge is 0.238 e. The Bertz CT molecular complexity index is 791. The van der Waals surface area contributed by atoms with Gasteiger partial charge in [0.05, 0.1) is 16.8 Å². The molecule has 1 amide bonds. The molecular weight excluding hydrogens is 332 g/mol. The summed E-state index contributed by atoms with van der Waals surface area (Å²) in [6.07, 6.45) is 1.08. The highest BCUT2D eigenvalue weighted by Gasteiger charge is 2.27. The summed E-state index contributed by atoms with van der Waals surface area (Å²) in [6.45, 7) is 0.509. The molecule has 0 saturated carbocycles. The number of rotatable bonds is 3. The van der Waals surface area contributed by atoms with Crippen LogP contribution in [0.15, 0.2) is 35.7 Å². The lowest BCUT2D eigenvalue weighted by molar-refractivity contribution is -0.120. The Hall–Kier alpha value is -1.37. The van der Waals surface area contributed by atoms with Crippen molar-refractivity contribution >= 4 is 50.6 Å². The van der Waals surface area contributed by atoms with Crippen LogP contribution in [0.4, 0.5) is 0 Å². The first-order valence-electron chi connectivity index (χ1n) is 7.11. The zero-order valence-corrected chi connectivity index (χ0v) is 14.2. The number of carbonyl (C=O) groups is 1. The Morgan fingerprint density at radius 1 is 1.32 bits per heavy atom. The number of nitrogens with one attached hydrogen (secondary N) is 1. The number of aryl methyl sites for hydroxylation is 1. The van der Waals surface area contributed by atoms with Crippen LogP contribution < -0.4 is 5.32 Å². The Morgan fingerprint density at radius 2 is 2.23 bits per heavy atom. The van der Waals surface area contributed by atoms with Crippen LogP contribution >= 0.6 is 34.4 Å². The lowest BCUT2D eigenvalue weighted by Crippen LogP contribution is -2.29. The summed E-state index contributed by atoms with van der Waals surface area (Å²) in [5.74, 6) is 1.12. The summed E-state index contributed by atoms with van der Waals surface area (Å²) < 4.78 is 1.17. The number of benzene rings is 1. The molecule has 0 bridgehead atoms. The molecule has 3 nitrogen and oxygen atoms in total. The Kier molecular flexibility index (Phi) is 3.90. The summed E-state index contributed by atoms with van der Waals surface area (Å²) in [7, 11) is 0. The number of nitrogens with zero attached hydrogens (tertiary/aromatic N) is 1. The molecule has 1 aromatic carbocycles. The van der Waals surface area contributed by atoms with Crippen LogP contribution in [0.5, 0.6) is 0 Å². The standard InChI is InChI=1S/C16H14N2OS3/c19-16(15-10-5-7-20-12(10)6-8-21-15)17-9-14-18-11-3-1-2-4-13(11)22-14/h1-5,7,15H,6,8-9H2,(H,17,19)/t15-/m0/s1. The lowest BCUT2D eigenvalue weighted by Gasteiger charge is -2.21.